The topological polar surface area (TPSA) is 0 Å². The summed E-state index contributed by atoms with van der Waals surface area (Å²) < 4.78 is 3.42. The van der Waals surface area contributed by atoms with Gasteiger partial charge in [0.25, 0.3) is 0 Å². The van der Waals surface area contributed by atoms with Crippen molar-refractivity contribution in [1.29, 1.82) is 0 Å². The van der Waals surface area contributed by atoms with E-state index in [0.29, 0.717) is 35.5 Å². The fraction of sp³-hybridized carbons (Fsp3) is 0.600. The third-order valence-corrected chi connectivity index (χ3v) is 10.2. The van der Waals surface area contributed by atoms with Gasteiger partial charge in [0, 0.05) is 0 Å². The van der Waals surface area contributed by atoms with Crippen molar-refractivity contribution in [3.8, 4) is 0 Å². The summed E-state index contributed by atoms with van der Waals surface area (Å²) in [7, 11) is 0. The van der Waals surface area contributed by atoms with Crippen molar-refractivity contribution in [1.82, 2.24) is 0 Å². The Balaban J connectivity index is 2.83. The minimum atomic E-state index is -0.496. The summed E-state index contributed by atoms with van der Waals surface area (Å²) in [4.78, 5) is 0. The summed E-state index contributed by atoms with van der Waals surface area (Å²) in [6.07, 6.45) is 0. The van der Waals surface area contributed by atoms with E-state index in [0.717, 1.165) is 0 Å². The van der Waals surface area contributed by atoms with Crippen LogP contribution in [0.1, 0.15) is 152 Å². The maximum absolute atomic E-state index is 2.54. The van der Waals surface area contributed by atoms with Gasteiger partial charge in [0.15, 0.2) is 0 Å². The van der Waals surface area contributed by atoms with Crippen LogP contribution in [0.25, 0.3) is 0 Å². The molecule has 0 unspecified atom stereocenters. The molecule has 0 aromatic heterocycles. The first-order valence-electron chi connectivity index (χ1n) is 12.4. The van der Waals surface area contributed by atoms with Crippen molar-refractivity contribution in [3.63, 3.8) is 0 Å². The Morgan fingerprint density at radius 3 is 0.774 bits per heavy atom. The van der Waals surface area contributed by atoms with E-state index in [2.05, 4.69) is 107 Å². The summed E-state index contributed by atoms with van der Waals surface area (Å²) in [5.74, 6) is 3.42. The molecule has 0 saturated carbocycles. The molecule has 0 heterocycles. The van der Waals surface area contributed by atoms with E-state index in [4.69, 9.17) is 0 Å². The zero-order valence-corrected chi connectivity index (χ0v) is 24.5. The fourth-order valence-corrected chi connectivity index (χ4v) is 9.41. The molecule has 0 amide bonds. The van der Waals surface area contributed by atoms with Crippen molar-refractivity contribution in [2.75, 3.05) is 0 Å². The molecule has 0 aliphatic carbocycles. The van der Waals surface area contributed by atoms with Gasteiger partial charge in [0.1, 0.15) is 0 Å². The molecule has 2 rings (SSSR count). The molecular weight excluding hydrogens is 488 g/mol. The first kappa shape index (κ1) is 26.5. The Morgan fingerprint density at radius 1 is 0.387 bits per heavy atom. The van der Waals surface area contributed by atoms with Gasteiger partial charge in [-0.1, -0.05) is 0 Å². The van der Waals surface area contributed by atoms with Crippen LogP contribution in [0.4, 0.5) is 0 Å². The van der Waals surface area contributed by atoms with Crippen LogP contribution in [0.3, 0.4) is 0 Å². The summed E-state index contributed by atoms with van der Waals surface area (Å²) in [5.41, 5.74) is 9.44. The molecule has 0 spiro atoms. The Bertz CT molecular complexity index is 750. The third-order valence-electron chi connectivity index (χ3n) is 6.36. The van der Waals surface area contributed by atoms with E-state index in [-0.39, 0.29) is 0 Å². The van der Waals surface area contributed by atoms with Gasteiger partial charge in [-0.2, -0.15) is 0 Å². The predicted octanol–water partition coefficient (Wildman–Crippen LogP) is 8.08. The second kappa shape index (κ2) is 10.9. The zero-order valence-electron chi connectivity index (χ0n) is 22.2. The first-order valence-corrected chi connectivity index (χ1v) is 14.7. The van der Waals surface area contributed by atoms with Crippen LogP contribution in [0.5, 0.6) is 0 Å². The Kier molecular flexibility index (Phi) is 9.31. The van der Waals surface area contributed by atoms with E-state index in [1.165, 1.54) is 11.1 Å². The SMILES string of the molecule is CC(C)c1cc(C(C)C)c([Te]c2c(C(C)C)cc(C(C)C)cc2C(C)C)c(C(C)C)c1. The molecule has 0 bridgehead atoms. The van der Waals surface area contributed by atoms with Crippen molar-refractivity contribution in [2.45, 2.75) is 119 Å². The summed E-state index contributed by atoms with van der Waals surface area (Å²) in [5, 5.41) is 0. The number of hydrogen-bond donors (Lipinski definition) is 0. The normalized spacial score (nSPS) is 12.5. The molecule has 0 saturated heterocycles. The van der Waals surface area contributed by atoms with Crippen molar-refractivity contribution in [3.05, 3.63) is 57.6 Å². The van der Waals surface area contributed by atoms with E-state index in [9.17, 15) is 0 Å². The van der Waals surface area contributed by atoms with Crippen LogP contribution < -0.4 is 7.22 Å². The maximum atomic E-state index is 2.54. The van der Waals surface area contributed by atoms with Crippen LogP contribution in [0.15, 0.2) is 24.3 Å². The average Bonchev–Trinajstić information content (AvgIpc) is 2.66. The summed E-state index contributed by atoms with van der Waals surface area (Å²) in [6, 6.07) is 10.1. The average molecular weight is 534 g/mol. The molecule has 0 radical (unpaired) electrons. The van der Waals surface area contributed by atoms with Gasteiger partial charge < -0.3 is 0 Å². The molecule has 1 heteroatoms. The van der Waals surface area contributed by atoms with Crippen LogP contribution in [0, 0.1) is 0 Å². The predicted molar refractivity (Wildman–Crippen MR) is 142 cm³/mol. The number of hydrogen-bond acceptors (Lipinski definition) is 0. The molecule has 172 valence electrons. The molecule has 0 aliphatic rings. The van der Waals surface area contributed by atoms with Gasteiger partial charge in [-0.05, 0) is 0 Å². The van der Waals surface area contributed by atoms with Gasteiger partial charge in [-0.3, -0.25) is 0 Å². The fourth-order valence-electron chi connectivity index (χ4n) is 4.12. The van der Waals surface area contributed by atoms with Gasteiger partial charge in [0.05, 0.1) is 0 Å². The van der Waals surface area contributed by atoms with Crippen LogP contribution in [-0.4, -0.2) is 20.9 Å². The van der Waals surface area contributed by atoms with E-state index < -0.39 is 20.9 Å². The van der Waals surface area contributed by atoms with E-state index in [1.54, 1.807) is 29.5 Å². The summed E-state index contributed by atoms with van der Waals surface area (Å²) >= 11 is -0.496. The quantitative estimate of drug-likeness (QED) is 0.301. The van der Waals surface area contributed by atoms with E-state index in [1.807, 2.05) is 0 Å². The van der Waals surface area contributed by atoms with Crippen molar-refractivity contribution in [2.24, 2.45) is 0 Å². The van der Waals surface area contributed by atoms with Crippen molar-refractivity contribution < 1.29 is 0 Å². The Hall–Kier alpha value is -0.770. The molecule has 0 aliphatic heterocycles. The molecule has 0 nitrogen and oxygen atoms in total. The van der Waals surface area contributed by atoms with Gasteiger partial charge in [-0.15, -0.1) is 0 Å². The number of rotatable bonds is 8. The molecule has 0 atom stereocenters. The summed E-state index contributed by atoms with van der Waals surface area (Å²) in [6.45, 7) is 28.4. The molecule has 31 heavy (non-hydrogen) atoms. The first-order chi connectivity index (χ1) is 14.3. The van der Waals surface area contributed by atoms with Crippen LogP contribution in [-0.2, 0) is 0 Å². The second-order valence-corrected chi connectivity index (χ2v) is 14.0. The molecule has 2 aromatic rings. The van der Waals surface area contributed by atoms with Gasteiger partial charge in [0.2, 0.25) is 0 Å². The van der Waals surface area contributed by atoms with Gasteiger partial charge >= 0.3 is 204 Å². The zero-order chi connectivity index (χ0) is 23.6. The second-order valence-electron chi connectivity index (χ2n) is 11.1. The Labute approximate surface area is 203 Å². The minimum absolute atomic E-state index is 0.496. The number of benzene rings is 2. The monoisotopic (exact) mass is 536 g/mol. The van der Waals surface area contributed by atoms with Gasteiger partial charge in [-0.25, -0.2) is 0 Å². The molecule has 0 fully saturated rings. The Morgan fingerprint density at radius 2 is 0.613 bits per heavy atom. The third kappa shape index (κ3) is 6.18. The molecule has 2 aromatic carbocycles. The van der Waals surface area contributed by atoms with Crippen molar-refractivity contribution >= 4 is 28.1 Å². The van der Waals surface area contributed by atoms with Crippen LogP contribution >= 0.6 is 0 Å². The standard InChI is InChI=1S/C30H46Te/c1-17(2)23-13-25(19(5)6)29(26(14-23)20(7)8)31-30-27(21(9)10)15-24(18(3)4)16-28(30)22(11)12/h13-22H,1-12H3. The molecular formula is C30H46Te. The van der Waals surface area contributed by atoms with Crippen LogP contribution in [0.2, 0.25) is 0 Å². The molecule has 0 N–H and O–H groups in total. The van der Waals surface area contributed by atoms with E-state index >= 15 is 0 Å².